The zero-order valence-corrected chi connectivity index (χ0v) is 13.9. The van der Waals surface area contributed by atoms with Gasteiger partial charge in [-0.25, -0.2) is 9.11 Å². The van der Waals surface area contributed by atoms with E-state index in [1.54, 1.807) is 18.2 Å². The highest BCUT2D eigenvalue weighted by atomic mass is 32.2. The molecule has 23 heavy (non-hydrogen) atoms. The molecule has 0 spiro atoms. The molecule has 2 aromatic rings. The second-order valence-corrected chi connectivity index (χ2v) is 7.20. The summed E-state index contributed by atoms with van der Waals surface area (Å²) in [5.41, 5.74) is 1.52. The van der Waals surface area contributed by atoms with Crippen molar-refractivity contribution in [3.8, 4) is 0 Å². The molecule has 0 radical (unpaired) electrons. The summed E-state index contributed by atoms with van der Waals surface area (Å²) in [6.07, 6.45) is 1.04. The van der Waals surface area contributed by atoms with Crippen molar-refractivity contribution in [2.75, 3.05) is 13.6 Å². The summed E-state index contributed by atoms with van der Waals surface area (Å²) in [6, 6.07) is 15.9. The highest BCUT2D eigenvalue weighted by Gasteiger charge is 2.16. The minimum absolute atomic E-state index is 0.253. The molecule has 0 aliphatic rings. The molecule has 0 amide bonds. The van der Waals surface area contributed by atoms with E-state index in [2.05, 4.69) is 4.72 Å². The topological polar surface area (TPSA) is 49.4 Å². The first-order chi connectivity index (χ1) is 11.0. The van der Waals surface area contributed by atoms with Crippen LogP contribution in [0.15, 0.2) is 54.6 Å². The van der Waals surface area contributed by atoms with Crippen molar-refractivity contribution in [2.24, 2.45) is 0 Å². The first-order valence-electron chi connectivity index (χ1n) is 7.47. The Morgan fingerprint density at radius 1 is 1.04 bits per heavy atom. The van der Waals surface area contributed by atoms with Crippen molar-refractivity contribution in [2.45, 2.75) is 19.4 Å². The van der Waals surface area contributed by atoms with Gasteiger partial charge in [-0.05, 0) is 30.0 Å². The van der Waals surface area contributed by atoms with Gasteiger partial charge in [-0.3, -0.25) is 0 Å². The molecule has 2 aromatic carbocycles. The van der Waals surface area contributed by atoms with E-state index in [0.29, 0.717) is 24.9 Å². The van der Waals surface area contributed by atoms with Crippen LogP contribution < -0.4 is 4.72 Å². The Morgan fingerprint density at radius 2 is 1.70 bits per heavy atom. The zero-order chi connectivity index (χ0) is 16.7. The first kappa shape index (κ1) is 17.6. The van der Waals surface area contributed by atoms with Crippen LogP contribution in [0.1, 0.15) is 17.5 Å². The van der Waals surface area contributed by atoms with Gasteiger partial charge in [0, 0.05) is 20.1 Å². The van der Waals surface area contributed by atoms with Crippen molar-refractivity contribution in [3.63, 3.8) is 0 Å². The lowest BCUT2D eigenvalue weighted by molar-refractivity contribution is 0.454. The van der Waals surface area contributed by atoms with E-state index in [0.717, 1.165) is 5.56 Å². The van der Waals surface area contributed by atoms with Crippen molar-refractivity contribution in [1.82, 2.24) is 9.03 Å². The Hall–Kier alpha value is -1.76. The average molecular weight is 336 g/mol. The molecule has 0 atom stereocenters. The van der Waals surface area contributed by atoms with E-state index in [-0.39, 0.29) is 12.4 Å². The molecule has 1 N–H and O–H groups in total. The standard InChI is InChI=1S/C17H21FN2O2S/c1-20(14-15-8-3-2-4-9-15)23(21,22)19-13-7-11-16-10-5-6-12-17(16)18/h2-6,8-10,12,19H,7,11,13-14H2,1H3. The van der Waals surface area contributed by atoms with E-state index in [1.807, 2.05) is 30.3 Å². The molecule has 0 aliphatic carbocycles. The predicted octanol–water partition coefficient (Wildman–Crippen LogP) is 2.72. The predicted molar refractivity (Wildman–Crippen MR) is 89.6 cm³/mol. The second-order valence-electron chi connectivity index (χ2n) is 5.34. The normalized spacial score (nSPS) is 11.8. The van der Waals surface area contributed by atoms with E-state index in [9.17, 15) is 12.8 Å². The van der Waals surface area contributed by atoms with Crippen LogP contribution in [-0.2, 0) is 23.2 Å². The number of aryl methyl sites for hydroxylation is 1. The summed E-state index contributed by atoms with van der Waals surface area (Å²) >= 11 is 0. The number of hydrogen-bond donors (Lipinski definition) is 1. The fourth-order valence-corrected chi connectivity index (χ4v) is 3.16. The van der Waals surface area contributed by atoms with Gasteiger partial charge in [0.25, 0.3) is 10.2 Å². The fourth-order valence-electron chi connectivity index (χ4n) is 2.22. The molecule has 0 fully saturated rings. The minimum atomic E-state index is -3.53. The van der Waals surface area contributed by atoms with Crippen LogP contribution in [0.4, 0.5) is 4.39 Å². The summed E-state index contributed by atoms with van der Waals surface area (Å²) in [7, 11) is -2.00. The van der Waals surface area contributed by atoms with Crippen LogP contribution in [-0.4, -0.2) is 26.3 Å². The van der Waals surface area contributed by atoms with Gasteiger partial charge in [0.2, 0.25) is 0 Å². The largest absolute Gasteiger partial charge is 0.279 e. The summed E-state index contributed by atoms with van der Waals surface area (Å²) in [5, 5.41) is 0. The van der Waals surface area contributed by atoms with E-state index in [1.165, 1.54) is 17.4 Å². The number of benzene rings is 2. The van der Waals surface area contributed by atoms with Crippen molar-refractivity contribution >= 4 is 10.2 Å². The average Bonchev–Trinajstić information content (AvgIpc) is 2.54. The summed E-state index contributed by atoms with van der Waals surface area (Å²) in [5.74, 6) is -0.253. The van der Waals surface area contributed by atoms with Gasteiger partial charge in [0.1, 0.15) is 5.82 Å². The number of nitrogens with one attached hydrogen (secondary N) is 1. The van der Waals surface area contributed by atoms with Gasteiger partial charge in [-0.2, -0.15) is 12.7 Å². The lowest BCUT2D eigenvalue weighted by Gasteiger charge is -2.17. The third kappa shape index (κ3) is 5.42. The Balaban J connectivity index is 1.80. The maximum Gasteiger partial charge on any atom is 0.279 e. The summed E-state index contributed by atoms with van der Waals surface area (Å²) in [6.45, 7) is 0.583. The van der Waals surface area contributed by atoms with E-state index < -0.39 is 10.2 Å². The van der Waals surface area contributed by atoms with Crippen LogP contribution in [0.25, 0.3) is 0 Å². The molecule has 4 nitrogen and oxygen atoms in total. The van der Waals surface area contributed by atoms with Crippen molar-refractivity contribution in [3.05, 3.63) is 71.5 Å². The Kier molecular flexibility index (Phi) is 6.27. The van der Waals surface area contributed by atoms with E-state index in [4.69, 9.17) is 0 Å². The highest BCUT2D eigenvalue weighted by molar-refractivity contribution is 7.87. The lowest BCUT2D eigenvalue weighted by Crippen LogP contribution is -2.38. The molecule has 2 rings (SSSR count). The van der Waals surface area contributed by atoms with Gasteiger partial charge in [-0.1, -0.05) is 48.5 Å². The molecule has 124 valence electrons. The SMILES string of the molecule is CN(Cc1ccccc1)S(=O)(=O)NCCCc1ccccc1F. The number of halogens is 1. The van der Waals surface area contributed by atoms with Crippen LogP contribution in [0.3, 0.4) is 0 Å². The maximum absolute atomic E-state index is 13.5. The quantitative estimate of drug-likeness (QED) is 0.754. The van der Waals surface area contributed by atoms with E-state index >= 15 is 0 Å². The van der Waals surface area contributed by atoms with Crippen LogP contribution in [0.5, 0.6) is 0 Å². The number of rotatable bonds is 8. The van der Waals surface area contributed by atoms with Crippen LogP contribution in [0.2, 0.25) is 0 Å². The lowest BCUT2D eigenvalue weighted by atomic mass is 10.1. The smallest absolute Gasteiger partial charge is 0.207 e. The van der Waals surface area contributed by atoms with Gasteiger partial charge in [-0.15, -0.1) is 0 Å². The van der Waals surface area contributed by atoms with Crippen molar-refractivity contribution < 1.29 is 12.8 Å². The molecule has 0 saturated carbocycles. The van der Waals surface area contributed by atoms with Gasteiger partial charge in [0.05, 0.1) is 0 Å². The van der Waals surface area contributed by atoms with Gasteiger partial charge < -0.3 is 0 Å². The monoisotopic (exact) mass is 336 g/mol. The Morgan fingerprint density at radius 3 is 2.39 bits per heavy atom. The molecule has 0 bridgehead atoms. The maximum atomic E-state index is 13.5. The molecule has 0 heterocycles. The van der Waals surface area contributed by atoms with Gasteiger partial charge >= 0.3 is 0 Å². The number of nitrogens with zero attached hydrogens (tertiary/aromatic N) is 1. The van der Waals surface area contributed by atoms with Crippen molar-refractivity contribution in [1.29, 1.82) is 0 Å². The molecule has 0 aliphatic heterocycles. The van der Waals surface area contributed by atoms with Crippen LogP contribution in [0, 0.1) is 5.82 Å². The zero-order valence-electron chi connectivity index (χ0n) is 13.1. The van der Waals surface area contributed by atoms with Crippen LogP contribution >= 0.6 is 0 Å². The second kappa shape index (κ2) is 8.19. The third-order valence-electron chi connectivity index (χ3n) is 3.52. The molecule has 0 aromatic heterocycles. The molecule has 0 unspecified atom stereocenters. The van der Waals surface area contributed by atoms with Gasteiger partial charge in [0.15, 0.2) is 0 Å². The molecular formula is C17H21FN2O2S. The summed E-state index contributed by atoms with van der Waals surface area (Å²) < 4.78 is 41.6. The minimum Gasteiger partial charge on any atom is -0.207 e. The Bertz CT molecular complexity index is 720. The fraction of sp³-hybridized carbons (Fsp3) is 0.294. The third-order valence-corrected chi connectivity index (χ3v) is 5.04. The Labute approximate surface area is 137 Å². The number of hydrogen-bond acceptors (Lipinski definition) is 2. The molecular weight excluding hydrogens is 315 g/mol. The molecule has 0 saturated heterocycles. The first-order valence-corrected chi connectivity index (χ1v) is 8.91. The highest BCUT2D eigenvalue weighted by Crippen LogP contribution is 2.09. The summed E-state index contributed by atoms with van der Waals surface area (Å²) in [4.78, 5) is 0. The molecule has 6 heteroatoms.